The lowest BCUT2D eigenvalue weighted by Gasteiger charge is -2.37. The average Bonchev–Trinajstić information content (AvgIpc) is 2.90. The van der Waals surface area contributed by atoms with Crippen LogP contribution in [0.1, 0.15) is 49.7 Å². The fourth-order valence-electron chi connectivity index (χ4n) is 5.21. The van der Waals surface area contributed by atoms with Gasteiger partial charge in [0.2, 0.25) is 0 Å². The number of esters is 1. The molecule has 196 valence electrons. The molecule has 0 bridgehead atoms. The molecule has 2 aromatic carbocycles. The SMILES string of the molecule is CCSCCOC(=O)C1C(C)=NC2=C(C(=O)C[C@H](c3ccc(OC)c(OC)c3)C2)[C@@H]1c1ccccc1Cl. The van der Waals surface area contributed by atoms with Crippen molar-refractivity contribution in [2.75, 3.05) is 32.3 Å². The van der Waals surface area contributed by atoms with E-state index < -0.39 is 11.8 Å². The van der Waals surface area contributed by atoms with Crippen molar-refractivity contribution >= 4 is 40.8 Å². The second-order valence-electron chi connectivity index (χ2n) is 9.10. The average molecular weight is 542 g/mol. The second kappa shape index (κ2) is 12.2. The van der Waals surface area contributed by atoms with Gasteiger partial charge in [-0.25, -0.2) is 0 Å². The van der Waals surface area contributed by atoms with Crippen LogP contribution in [-0.4, -0.2) is 49.8 Å². The molecule has 0 radical (unpaired) electrons. The number of hydrogen-bond donors (Lipinski definition) is 0. The summed E-state index contributed by atoms with van der Waals surface area (Å²) in [6.07, 6.45) is 0.877. The minimum atomic E-state index is -0.702. The summed E-state index contributed by atoms with van der Waals surface area (Å²) >= 11 is 8.34. The number of carbonyl (C=O) groups excluding carboxylic acids is 2. The summed E-state index contributed by atoms with van der Waals surface area (Å²) in [4.78, 5) is 32.0. The van der Waals surface area contributed by atoms with Gasteiger partial charge in [0, 0.05) is 40.1 Å². The predicted octanol–water partition coefficient (Wildman–Crippen LogP) is 6.23. The summed E-state index contributed by atoms with van der Waals surface area (Å²) in [5.41, 5.74) is 3.64. The van der Waals surface area contributed by atoms with Gasteiger partial charge in [0.25, 0.3) is 0 Å². The maximum Gasteiger partial charge on any atom is 0.315 e. The molecule has 0 aromatic heterocycles. The zero-order valence-electron chi connectivity index (χ0n) is 21.6. The fourth-order valence-corrected chi connectivity index (χ4v) is 5.95. The molecule has 0 N–H and O–H groups in total. The van der Waals surface area contributed by atoms with E-state index in [9.17, 15) is 9.59 Å². The van der Waals surface area contributed by atoms with Crippen LogP contribution in [0.5, 0.6) is 11.5 Å². The first-order chi connectivity index (χ1) is 17.9. The molecule has 3 atom stereocenters. The van der Waals surface area contributed by atoms with E-state index in [4.69, 9.17) is 30.8 Å². The van der Waals surface area contributed by atoms with Crippen LogP contribution in [0, 0.1) is 5.92 Å². The van der Waals surface area contributed by atoms with Gasteiger partial charge in [-0.1, -0.05) is 42.8 Å². The molecule has 0 fully saturated rings. The Bertz CT molecular complexity index is 1240. The molecular formula is C29H32ClNO5S. The maximum absolute atomic E-state index is 13.8. The Morgan fingerprint density at radius 2 is 1.86 bits per heavy atom. The van der Waals surface area contributed by atoms with Crippen LogP contribution >= 0.6 is 23.4 Å². The van der Waals surface area contributed by atoms with Crippen LogP contribution < -0.4 is 9.47 Å². The summed E-state index contributed by atoms with van der Waals surface area (Å²) in [5, 5.41) is 0.517. The summed E-state index contributed by atoms with van der Waals surface area (Å²) in [7, 11) is 3.19. The highest BCUT2D eigenvalue weighted by Crippen LogP contribution is 2.48. The summed E-state index contributed by atoms with van der Waals surface area (Å²) < 4.78 is 16.5. The van der Waals surface area contributed by atoms with E-state index >= 15 is 0 Å². The first-order valence-electron chi connectivity index (χ1n) is 12.4. The molecule has 37 heavy (non-hydrogen) atoms. The highest BCUT2D eigenvalue weighted by atomic mass is 35.5. The van der Waals surface area contributed by atoms with Crippen molar-refractivity contribution in [3.8, 4) is 11.5 Å². The van der Waals surface area contributed by atoms with Gasteiger partial charge in [0.05, 0.1) is 14.2 Å². The van der Waals surface area contributed by atoms with Crippen molar-refractivity contribution in [1.29, 1.82) is 0 Å². The Hall–Kier alpha value is -2.77. The number of Topliss-reactive ketones (excluding diaryl/α,β-unsaturated/α-hetero) is 1. The fraction of sp³-hybridized carbons (Fsp3) is 0.414. The molecule has 6 nitrogen and oxygen atoms in total. The number of rotatable bonds is 9. The van der Waals surface area contributed by atoms with E-state index in [1.54, 1.807) is 32.0 Å². The van der Waals surface area contributed by atoms with Crippen LogP contribution in [0.15, 0.2) is 58.7 Å². The summed E-state index contributed by atoms with van der Waals surface area (Å²) in [6.45, 7) is 4.22. The van der Waals surface area contributed by atoms with Crippen molar-refractivity contribution in [3.63, 3.8) is 0 Å². The van der Waals surface area contributed by atoms with Gasteiger partial charge in [-0.15, -0.1) is 0 Å². The Morgan fingerprint density at radius 1 is 1.11 bits per heavy atom. The van der Waals surface area contributed by atoms with Gasteiger partial charge in [0.1, 0.15) is 12.5 Å². The molecule has 0 saturated heterocycles. The lowest BCUT2D eigenvalue weighted by Crippen LogP contribution is -2.38. The van der Waals surface area contributed by atoms with E-state index in [0.717, 1.165) is 22.6 Å². The summed E-state index contributed by atoms with van der Waals surface area (Å²) in [6, 6.07) is 13.1. The molecule has 1 aliphatic heterocycles. The zero-order chi connectivity index (χ0) is 26.5. The number of aliphatic imine (C=N–C) groups is 1. The summed E-state index contributed by atoms with van der Waals surface area (Å²) in [5.74, 6) is 1.23. The Kier molecular flexibility index (Phi) is 8.98. The third kappa shape index (κ3) is 5.73. The second-order valence-corrected chi connectivity index (χ2v) is 10.9. The molecule has 0 spiro atoms. The number of ketones is 1. The van der Waals surface area contributed by atoms with Crippen molar-refractivity contribution in [1.82, 2.24) is 0 Å². The van der Waals surface area contributed by atoms with Crippen LogP contribution in [0.4, 0.5) is 0 Å². The molecule has 1 aliphatic carbocycles. The zero-order valence-corrected chi connectivity index (χ0v) is 23.2. The number of ether oxygens (including phenoxy) is 3. The van der Waals surface area contributed by atoms with Crippen molar-refractivity contribution in [3.05, 3.63) is 69.9 Å². The molecule has 1 unspecified atom stereocenters. The van der Waals surface area contributed by atoms with E-state index in [2.05, 4.69) is 6.92 Å². The Labute approximate surface area is 227 Å². The molecule has 0 saturated carbocycles. The number of carbonyl (C=O) groups is 2. The number of halogens is 1. The minimum Gasteiger partial charge on any atom is -0.493 e. The lowest BCUT2D eigenvalue weighted by molar-refractivity contribution is -0.145. The van der Waals surface area contributed by atoms with Crippen LogP contribution in [-0.2, 0) is 14.3 Å². The number of methoxy groups -OCH3 is 2. The van der Waals surface area contributed by atoms with Crippen molar-refractivity contribution < 1.29 is 23.8 Å². The van der Waals surface area contributed by atoms with E-state index in [0.29, 0.717) is 53.0 Å². The first kappa shape index (κ1) is 27.3. The molecule has 2 aliphatic rings. The van der Waals surface area contributed by atoms with E-state index in [1.165, 1.54) is 0 Å². The predicted molar refractivity (Wildman–Crippen MR) is 148 cm³/mol. The van der Waals surface area contributed by atoms with Crippen molar-refractivity contribution in [2.45, 2.75) is 38.5 Å². The Balaban J connectivity index is 1.72. The molecule has 4 rings (SSSR count). The van der Waals surface area contributed by atoms with Crippen molar-refractivity contribution in [2.24, 2.45) is 10.9 Å². The highest BCUT2D eigenvalue weighted by Gasteiger charge is 2.45. The van der Waals surface area contributed by atoms with Crippen LogP contribution in [0.2, 0.25) is 5.02 Å². The smallest absolute Gasteiger partial charge is 0.315 e. The lowest BCUT2D eigenvalue weighted by atomic mass is 9.69. The third-order valence-electron chi connectivity index (χ3n) is 6.94. The standard InChI is InChI=1S/C29H32ClNO5S/c1-5-37-13-12-36-29(33)26-17(2)31-22-14-19(18-10-11-24(34-3)25(16-18)35-4)15-23(32)28(22)27(26)20-8-6-7-9-21(20)30/h6-11,16,19,26-27H,5,12-15H2,1-4H3/t19-,26?,27-/m1/s1. The topological polar surface area (TPSA) is 74.2 Å². The van der Waals surface area contributed by atoms with Gasteiger partial charge in [-0.2, -0.15) is 11.8 Å². The Morgan fingerprint density at radius 3 is 2.57 bits per heavy atom. The van der Waals surface area contributed by atoms with Gasteiger partial charge in [-0.3, -0.25) is 14.6 Å². The number of allylic oxidation sites excluding steroid dienone is 2. The third-order valence-corrected chi connectivity index (χ3v) is 8.15. The highest BCUT2D eigenvalue weighted by molar-refractivity contribution is 7.99. The van der Waals surface area contributed by atoms with Gasteiger partial charge >= 0.3 is 5.97 Å². The number of benzene rings is 2. The minimum absolute atomic E-state index is 0.0263. The number of hydrogen-bond acceptors (Lipinski definition) is 7. The number of thioether (sulfide) groups is 1. The molecule has 1 heterocycles. The molecular weight excluding hydrogens is 510 g/mol. The largest absolute Gasteiger partial charge is 0.493 e. The number of nitrogens with zero attached hydrogens (tertiary/aromatic N) is 1. The van der Waals surface area contributed by atoms with E-state index in [1.807, 2.05) is 43.3 Å². The van der Waals surface area contributed by atoms with E-state index in [-0.39, 0.29) is 17.7 Å². The van der Waals surface area contributed by atoms with Gasteiger partial charge in [-0.05, 0) is 54.3 Å². The quantitative estimate of drug-likeness (QED) is 0.277. The normalized spacial score (nSPS) is 21.3. The monoisotopic (exact) mass is 541 g/mol. The molecule has 0 amide bonds. The van der Waals surface area contributed by atoms with Crippen LogP contribution in [0.3, 0.4) is 0 Å². The van der Waals surface area contributed by atoms with Gasteiger partial charge in [0.15, 0.2) is 17.3 Å². The molecule has 2 aromatic rings. The maximum atomic E-state index is 13.8. The first-order valence-corrected chi connectivity index (χ1v) is 13.9. The van der Waals surface area contributed by atoms with Crippen LogP contribution in [0.25, 0.3) is 0 Å². The molecule has 8 heteroatoms. The van der Waals surface area contributed by atoms with Gasteiger partial charge < -0.3 is 14.2 Å².